The fraction of sp³-hybridized carbons (Fsp3) is 0.385. The molecular formula is C13H18N2O4. The zero-order chi connectivity index (χ0) is 14.1. The first-order valence-electron chi connectivity index (χ1n) is 5.94. The van der Waals surface area contributed by atoms with Gasteiger partial charge >= 0.3 is 5.97 Å². The van der Waals surface area contributed by atoms with E-state index in [9.17, 15) is 9.59 Å². The van der Waals surface area contributed by atoms with Crippen LogP contribution >= 0.6 is 0 Å². The van der Waals surface area contributed by atoms with Gasteiger partial charge in [-0.25, -0.2) is 0 Å². The van der Waals surface area contributed by atoms with Crippen LogP contribution in [-0.4, -0.2) is 36.7 Å². The molecule has 0 unspecified atom stereocenters. The van der Waals surface area contributed by atoms with Crippen LogP contribution in [0.25, 0.3) is 0 Å². The van der Waals surface area contributed by atoms with Gasteiger partial charge in [0.1, 0.15) is 6.61 Å². The van der Waals surface area contributed by atoms with Crippen LogP contribution in [0.5, 0.6) is 0 Å². The van der Waals surface area contributed by atoms with Gasteiger partial charge in [-0.1, -0.05) is 24.3 Å². The van der Waals surface area contributed by atoms with Crippen LogP contribution in [0.2, 0.25) is 0 Å². The van der Waals surface area contributed by atoms with E-state index >= 15 is 0 Å². The van der Waals surface area contributed by atoms with Crippen molar-refractivity contribution in [2.75, 3.05) is 19.8 Å². The maximum absolute atomic E-state index is 10.5. The summed E-state index contributed by atoms with van der Waals surface area (Å²) in [5.41, 5.74) is 6.76. The first-order valence-corrected chi connectivity index (χ1v) is 5.94. The molecule has 0 heterocycles. The molecule has 0 atom stereocenters. The minimum absolute atomic E-state index is 0.0364. The number of rotatable bonds is 9. The van der Waals surface area contributed by atoms with Crippen molar-refractivity contribution in [2.45, 2.75) is 13.0 Å². The second-order valence-corrected chi connectivity index (χ2v) is 4.08. The van der Waals surface area contributed by atoms with Gasteiger partial charge in [0.05, 0.1) is 13.0 Å². The first kappa shape index (κ1) is 15.1. The van der Waals surface area contributed by atoms with Gasteiger partial charge in [0, 0.05) is 13.1 Å². The Kier molecular flexibility index (Phi) is 6.56. The molecule has 0 bridgehead atoms. The van der Waals surface area contributed by atoms with E-state index in [0.717, 1.165) is 11.1 Å². The molecule has 0 aliphatic rings. The summed E-state index contributed by atoms with van der Waals surface area (Å²) < 4.78 is 4.99. The molecule has 6 heteroatoms. The second-order valence-electron chi connectivity index (χ2n) is 4.08. The lowest BCUT2D eigenvalue weighted by Gasteiger charge is -2.06. The Morgan fingerprint density at radius 1 is 1.21 bits per heavy atom. The lowest BCUT2D eigenvalue weighted by atomic mass is 10.1. The summed E-state index contributed by atoms with van der Waals surface area (Å²) in [6, 6.07) is 7.37. The SMILES string of the molecule is NC(=O)COCCNCc1ccc(CC(=O)O)cc1. The van der Waals surface area contributed by atoms with Gasteiger partial charge in [0.25, 0.3) is 0 Å². The van der Waals surface area contributed by atoms with Crippen LogP contribution in [0.1, 0.15) is 11.1 Å². The van der Waals surface area contributed by atoms with Gasteiger partial charge in [-0.2, -0.15) is 0 Å². The normalized spacial score (nSPS) is 10.3. The minimum Gasteiger partial charge on any atom is -0.481 e. The first-order chi connectivity index (χ1) is 9.08. The maximum Gasteiger partial charge on any atom is 0.307 e. The van der Waals surface area contributed by atoms with E-state index in [2.05, 4.69) is 5.32 Å². The van der Waals surface area contributed by atoms with Crippen molar-refractivity contribution in [1.82, 2.24) is 5.32 Å². The molecule has 0 fully saturated rings. The molecule has 4 N–H and O–H groups in total. The number of benzene rings is 1. The molecule has 104 valence electrons. The molecular weight excluding hydrogens is 248 g/mol. The summed E-state index contributed by atoms with van der Waals surface area (Å²) in [5, 5.41) is 11.8. The van der Waals surface area contributed by atoms with Crippen molar-refractivity contribution in [1.29, 1.82) is 0 Å². The van der Waals surface area contributed by atoms with E-state index < -0.39 is 11.9 Å². The van der Waals surface area contributed by atoms with Crippen LogP contribution < -0.4 is 11.1 Å². The molecule has 1 aromatic rings. The molecule has 1 aromatic carbocycles. The smallest absolute Gasteiger partial charge is 0.307 e. The van der Waals surface area contributed by atoms with Gasteiger partial charge in [0.2, 0.25) is 5.91 Å². The van der Waals surface area contributed by atoms with Crippen LogP contribution in [0.15, 0.2) is 24.3 Å². The van der Waals surface area contributed by atoms with Crippen LogP contribution in [0.3, 0.4) is 0 Å². The summed E-state index contributed by atoms with van der Waals surface area (Å²) in [5.74, 6) is -1.31. The average molecular weight is 266 g/mol. The van der Waals surface area contributed by atoms with Gasteiger partial charge in [-0.15, -0.1) is 0 Å². The lowest BCUT2D eigenvalue weighted by molar-refractivity contribution is -0.136. The number of nitrogens with one attached hydrogen (secondary N) is 1. The van der Waals surface area contributed by atoms with Crippen LogP contribution in [0, 0.1) is 0 Å². The molecule has 0 spiro atoms. The molecule has 0 radical (unpaired) electrons. The summed E-state index contributed by atoms with van der Waals surface area (Å²) in [4.78, 5) is 20.9. The largest absolute Gasteiger partial charge is 0.481 e. The van der Waals surface area contributed by atoms with E-state index in [-0.39, 0.29) is 13.0 Å². The summed E-state index contributed by atoms with van der Waals surface area (Å²) in [7, 11) is 0. The van der Waals surface area contributed by atoms with Crippen molar-refractivity contribution in [3.63, 3.8) is 0 Å². The molecule has 1 rings (SSSR count). The van der Waals surface area contributed by atoms with Crippen molar-refractivity contribution in [3.8, 4) is 0 Å². The number of primary amides is 1. The highest BCUT2D eigenvalue weighted by molar-refractivity contribution is 5.74. The molecule has 0 aromatic heterocycles. The second kappa shape index (κ2) is 8.23. The standard InChI is InChI=1S/C13H18N2O4/c14-12(16)9-19-6-5-15-8-11-3-1-10(2-4-11)7-13(17)18/h1-4,15H,5-9H2,(H2,14,16)(H,17,18). The van der Waals surface area contributed by atoms with E-state index in [0.29, 0.717) is 19.7 Å². The average Bonchev–Trinajstić information content (AvgIpc) is 2.34. The van der Waals surface area contributed by atoms with Crippen LogP contribution in [0.4, 0.5) is 0 Å². The van der Waals surface area contributed by atoms with Gasteiger partial charge in [-0.3, -0.25) is 9.59 Å². The lowest BCUT2D eigenvalue weighted by Crippen LogP contribution is -2.23. The van der Waals surface area contributed by atoms with E-state index in [4.69, 9.17) is 15.6 Å². The number of hydrogen-bond donors (Lipinski definition) is 3. The topological polar surface area (TPSA) is 102 Å². The Morgan fingerprint density at radius 3 is 2.42 bits per heavy atom. The molecule has 6 nitrogen and oxygen atoms in total. The van der Waals surface area contributed by atoms with E-state index in [1.165, 1.54) is 0 Å². The zero-order valence-electron chi connectivity index (χ0n) is 10.6. The summed E-state index contributed by atoms with van der Waals surface area (Å²) >= 11 is 0. The predicted molar refractivity (Wildman–Crippen MR) is 69.5 cm³/mol. The monoisotopic (exact) mass is 266 g/mol. The van der Waals surface area contributed by atoms with E-state index in [1.807, 2.05) is 12.1 Å². The Balaban J connectivity index is 2.19. The van der Waals surface area contributed by atoms with Crippen molar-refractivity contribution < 1.29 is 19.4 Å². The van der Waals surface area contributed by atoms with Crippen molar-refractivity contribution in [2.24, 2.45) is 5.73 Å². The Bertz CT molecular complexity index is 417. The predicted octanol–water partition coefficient (Wildman–Crippen LogP) is -0.0948. The van der Waals surface area contributed by atoms with Gasteiger partial charge in [0.15, 0.2) is 0 Å². The third kappa shape index (κ3) is 7.17. The third-order valence-corrected chi connectivity index (χ3v) is 2.37. The fourth-order valence-corrected chi connectivity index (χ4v) is 1.50. The summed E-state index contributed by atoms with van der Waals surface area (Å²) in [6.07, 6.45) is 0.0364. The van der Waals surface area contributed by atoms with Gasteiger partial charge in [-0.05, 0) is 11.1 Å². The quantitative estimate of drug-likeness (QED) is 0.542. The fourth-order valence-electron chi connectivity index (χ4n) is 1.50. The number of amides is 1. The minimum atomic E-state index is -0.836. The highest BCUT2D eigenvalue weighted by Crippen LogP contribution is 2.05. The number of aliphatic carboxylic acids is 1. The number of hydrogen-bond acceptors (Lipinski definition) is 4. The highest BCUT2D eigenvalue weighted by atomic mass is 16.5. The number of carbonyl (C=O) groups is 2. The Hall–Kier alpha value is -1.92. The molecule has 0 aliphatic carbocycles. The maximum atomic E-state index is 10.5. The molecule has 0 aliphatic heterocycles. The number of carboxylic acids is 1. The molecule has 0 saturated heterocycles. The number of carboxylic acid groups (broad SMARTS) is 1. The number of carbonyl (C=O) groups excluding carboxylic acids is 1. The molecule has 19 heavy (non-hydrogen) atoms. The molecule has 0 saturated carbocycles. The van der Waals surface area contributed by atoms with E-state index in [1.54, 1.807) is 12.1 Å². The molecule has 1 amide bonds. The van der Waals surface area contributed by atoms with Crippen molar-refractivity contribution in [3.05, 3.63) is 35.4 Å². The van der Waals surface area contributed by atoms with Crippen LogP contribution in [-0.2, 0) is 27.3 Å². The number of nitrogens with two attached hydrogens (primary N) is 1. The Morgan fingerprint density at radius 2 is 1.84 bits per heavy atom. The Labute approximate surface area is 111 Å². The number of ether oxygens (including phenoxy) is 1. The van der Waals surface area contributed by atoms with Crippen molar-refractivity contribution >= 4 is 11.9 Å². The third-order valence-electron chi connectivity index (χ3n) is 2.37. The summed E-state index contributed by atoms with van der Waals surface area (Å²) in [6.45, 7) is 1.63. The highest BCUT2D eigenvalue weighted by Gasteiger charge is 2.00. The van der Waals surface area contributed by atoms with Gasteiger partial charge < -0.3 is 20.9 Å². The zero-order valence-corrected chi connectivity index (χ0v) is 10.6.